The zero-order valence-electron chi connectivity index (χ0n) is 18.5. The third-order valence-corrected chi connectivity index (χ3v) is 5.12. The van der Waals surface area contributed by atoms with Crippen LogP contribution in [0.4, 0.5) is 0 Å². The minimum absolute atomic E-state index is 0. The van der Waals surface area contributed by atoms with Crippen LogP contribution in [0.25, 0.3) is 0 Å². The van der Waals surface area contributed by atoms with Crippen molar-refractivity contribution >= 4 is 35.8 Å². The van der Waals surface area contributed by atoms with E-state index in [2.05, 4.69) is 15.6 Å². The van der Waals surface area contributed by atoms with Crippen LogP contribution in [0.1, 0.15) is 37.7 Å². The summed E-state index contributed by atoms with van der Waals surface area (Å²) in [5, 5.41) is 6.68. The highest BCUT2D eigenvalue weighted by Crippen LogP contribution is 2.22. The number of hydrogen-bond acceptors (Lipinski definition) is 4. The number of benzene rings is 1. The summed E-state index contributed by atoms with van der Waals surface area (Å²) < 4.78 is 10.9. The molecule has 2 rings (SSSR count). The smallest absolute Gasteiger partial charge is 0.243 e. The van der Waals surface area contributed by atoms with Crippen LogP contribution in [-0.4, -0.2) is 64.2 Å². The lowest BCUT2D eigenvalue weighted by Gasteiger charge is -2.23. The number of halogens is 1. The Kier molecular flexibility index (Phi) is 13.5. The van der Waals surface area contributed by atoms with Crippen molar-refractivity contribution in [3.63, 3.8) is 0 Å². The van der Waals surface area contributed by atoms with Crippen molar-refractivity contribution in [1.29, 1.82) is 0 Å². The number of carbonyl (C=O) groups excluding carboxylic acids is 1. The third-order valence-electron chi connectivity index (χ3n) is 5.12. The number of ether oxygens (including phenoxy) is 2. The number of likely N-dealkylation sites (N-methyl/N-ethyl adjacent to an activating group) is 1. The van der Waals surface area contributed by atoms with Crippen LogP contribution in [0, 0.1) is 5.92 Å². The quantitative estimate of drug-likeness (QED) is 0.210. The normalized spacial score (nSPS) is 14.6. The summed E-state index contributed by atoms with van der Waals surface area (Å²) in [6, 6.07) is 7.85. The van der Waals surface area contributed by atoms with Gasteiger partial charge in [-0.2, -0.15) is 0 Å². The second-order valence-electron chi connectivity index (χ2n) is 7.67. The van der Waals surface area contributed by atoms with Crippen molar-refractivity contribution in [2.45, 2.75) is 38.7 Å². The van der Waals surface area contributed by atoms with Gasteiger partial charge < -0.3 is 25.0 Å². The zero-order valence-corrected chi connectivity index (χ0v) is 20.8. The lowest BCUT2D eigenvalue weighted by atomic mass is 9.89. The minimum Gasteiger partial charge on any atom is -0.497 e. The Hall–Kier alpha value is -1.55. The van der Waals surface area contributed by atoms with E-state index in [4.69, 9.17) is 9.47 Å². The molecule has 1 aromatic carbocycles. The predicted molar refractivity (Wildman–Crippen MR) is 132 cm³/mol. The molecule has 0 atom stereocenters. The van der Waals surface area contributed by atoms with Crippen LogP contribution >= 0.6 is 24.0 Å². The molecule has 0 radical (unpaired) electrons. The maximum absolute atomic E-state index is 11.9. The van der Waals surface area contributed by atoms with Gasteiger partial charge in [-0.1, -0.05) is 31.4 Å². The van der Waals surface area contributed by atoms with Crippen LogP contribution in [0.2, 0.25) is 0 Å². The number of carbonyl (C=O) groups is 1. The SMILES string of the molecule is COc1ccc(COCCNC(=NCC(=O)N(C)C)NCC2CCCCC2)cc1.I. The largest absolute Gasteiger partial charge is 0.497 e. The van der Waals surface area contributed by atoms with Gasteiger partial charge in [-0.15, -0.1) is 24.0 Å². The van der Waals surface area contributed by atoms with Gasteiger partial charge in [0.2, 0.25) is 5.91 Å². The summed E-state index contributed by atoms with van der Waals surface area (Å²) in [5.41, 5.74) is 1.10. The monoisotopic (exact) mass is 532 g/mol. The molecule has 0 bridgehead atoms. The summed E-state index contributed by atoms with van der Waals surface area (Å²) in [6.07, 6.45) is 6.50. The number of methoxy groups -OCH3 is 1. The number of aliphatic imine (C=N–C) groups is 1. The predicted octanol–water partition coefficient (Wildman–Crippen LogP) is 3.03. The topological polar surface area (TPSA) is 75.2 Å². The van der Waals surface area contributed by atoms with Gasteiger partial charge in [-0.05, 0) is 36.5 Å². The summed E-state index contributed by atoms with van der Waals surface area (Å²) >= 11 is 0. The fourth-order valence-corrected chi connectivity index (χ4v) is 3.25. The van der Waals surface area contributed by atoms with E-state index in [0.29, 0.717) is 31.6 Å². The maximum atomic E-state index is 11.9. The molecule has 170 valence electrons. The first-order valence-electron chi connectivity index (χ1n) is 10.5. The molecule has 1 aliphatic carbocycles. The molecule has 30 heavy (non-hydrogen) atoms. The van der Waals surface area contributed by atoms with Gasteiger partial charge in [0, 0.05) is 27.2 Å². The molecule has 8 heteroatoms. The molecule has 0 aliphatic heterocycles. The molecule has 1 aromatic rings. The molecule has 1 amide bonds. The Balaban J connectivity index is 0.00000450. The summed E-state index contributed by atoms with van der Waals surface area (Å²) in [5.74, 6) is 2.19. The standard InChI is InChI=1S/C22H36N4O3.HI/c1-26(2)21(27)16-25-22(24-15-18-7-5-4-6-8-18)23-13-14-29-17-19-9-11-20(28-3)12-10-19;/h9-12,18H,4-8,13-17H2,1-3H3,(H2,23,24,25);1H. The van der Waals surface area contributed by atoms with Crippen LogP contribution in [0.5, 0.6) is 5.75 Å². The first kappa shape index (κ1) is 26.5. The van der Waals surface area contributed by atoms with E-state index in [1.807, 2.05) is 24.3 Å². The van der Waals surface area contributed by atoms with E-state index in [9.17, 15) is 4.79 Å². The van der Waals surface area contributed by atoms with Gasteiger partial charge in [-0.25, -0.2) is 4.99 Å². The fraction of sp³-hybridized carbons (Fsp3) is 0.636. The van der Waals surface area contributed by atoms with Crippen molar-refractivity contribution in [1.82, 2.24) is 15.5 Å². The molecule has 0 aromatic heterocycles. The Morgan fingerprint density at radius 1 is 1.13 bits per heavy atom. The third kappa shape index (κ3) is 10.5. The first-order valence-corrected chi connectivity index (χ1v) is 10.5. The summed E-state index contributed by atoms with van der Waals surface area (Å²) in [6.45, 7) is 2.77. The number of guanidine groups is 1. The summed E-state index contributed by atoms with van der Waals surface area (Å²) in [7, 11) is 5.14. The Labute approximate surface area is 198 Å². The second-order valence-corrected chi connectivity index (χ2v) is 7.67. The highest BCUT2D eigenvalue weighted by Gasteiger charge is 2.14. The lowest BCUT2D eigenvalue weighted by molar-refractivity contribution is -0.127. The molecule has 7 nitrogen and oxygen atoms in total. The molecule has 0 saturated heterocycles. The van der Waals surface area contributed by atoms with E-state index < -0.39 is 0 Å². The van der Waals surface area contributed by atoms with Crippen LogP contribution in [0.3, 0.4) is 0 Å². The van der Waals surface area contributed by atoms with Gasteiger partial charge in [0.05, 0.1) is 20.3 Å². The van der Waals surface area contributed by atoms with E-state index in [0.717, 1.165) is 17.9 Å². The lowest BCUT2D eigenvalue weighted by Crippen LogP contribution is -2.42. The van der Waals surface area contributed by atoms with Crippen LogP contribution in [-0.2, 0) is 16.1 Å². The highest BCUT2D eigenvalue weighted by atomic mass is 127. The Morgan fingerprint density at radius 2 is 1.83 bits per heavy atom. The maximum Gasteiger partial charge on any atom is 0.243 e. The van der Waals surface area contributed by atoms with Gasteiger partial charge in [0.1, 0.15) is 12.3 Å². The van der Waals surface area contributed by atoms with Gasteiger partial charge >= 0.3 is 0 Å². The molecule has 0 spiro atoms. The van der Waals surface area contributed by atoms with Gasteiger partial charge in [0.15, 0.2) is 5.96 Å². The molecular formula is C22H37IN4O3. The van der Waals surface area contributed by atoms with Crippen LogP contribution in [0.15, 0.2) is 29.3 Å². The average Bonchev–Trinajstić information content (AvgIpc) is 2.75. The van der Waals surface area contributed by atoms with Crippen molar-refractivity contribution in [2.75, 3.05) is 47.4 Å². The van der Waals surface area contributed by atoms with E-state index in [1.165, 1.54) is 32.1 Å². The molecule has 2 N–H and O–H groups in total. The van der Waals surface area contributed by atoms with Crippen LogP contribution < -0.4 is 15.4 Å². The second kappa shape index (κ2) is 15.3. The number of hydrogen-bond donors (Lipinski definition) is 2. The van der Waals surface area contributed by atoms with Gasteiger partial charge in [0.25, 0.3) is 0 Å². The van der Waals surface area contributed by atoms with Crippen molar-refractivity contribution in [3.8, 4) is 5.75 Å². The van der Waals surface area contributed by atoms with E-state index in [1.54, 1.807) is 26.1 Å². The molecule has 0 heterocycles. The Bertz CT molecular complexity index is 632. The first-order chi connectivity index (χ1) is 14.1. The molecule has 1 fully saturated rings. The van der Waals surface area contributed by atoms with Crippen molar-refractivity contribution in [2.24, 2.45) is 10.9 Å². The van der Waals surface area contributed by atoms with Crippen molar-refractivity contribution in [3.05, 3.63) is 29.8 Å². The molecule has 0 unspecified atom stereocenters. The average molecular weight is 532 g/mol. The van der Waals surface area contributed by atoms with Crippen molar-refractivity contribution < 1.29 is 14.3 Å². The van der Waals surface area contributed by atoms with E-state index in [-0.39, 0.29) is 36.4 Å². The number of amides is 1. The number of rotatable bonds is 10. The zero-order chi connectivity index (χ0) is 20.9. The fourth-order valence-electron chi connectivity index (χ4n) is 3.25. The number of nitrogens with zero attached hydrogens (tertiary/aromatic N) is 2. The highest BCUT2D eigenvalue weighted by molar-refractivity contribution is 14.0. The minimum atomic E-state index is -0.0143. The molecule has 1 aliphatic rings. The van der Waals surface area contributed by atoms with E-state index >= 15 is 0 Å². The molecule has 1 saturated carbocycles. The molecular weight excluding hydrogens is 495 g/mol. The Morgan fingerprint density at radius 3 is 2.47 bits per heavy atom. The number of nitrogens with one attached hydrogen (secondary N) is 2. The van der Waals surface area contributed by atoms with Gasteiger partial charge in [-0.3, -0.25) is 4.79 Å². The summed E-state index contributed by atoms with van der Waals surface area (Å²) in [4.78, 5) is 17.9.